The second kappa shape index (κ2) is 8.86. The number of aromatic nitrogens is 3. The van der Waals surface area contributed by atoms with Crippen molar-refractivity contribution in [2.24, 2.45) is 5.92 Å². The van der Waals surface area contributed by atoms with Gasteiger partial charge in [-0.1, -0.05) is 25.1 Å². The molecular weight excluding hydrogens is 367 g/mol. The molecule has 3 aromatic rings. The zero-order valence-corrected chi connectivity index (χ0v) is 16.5. The van der Waals surface area contributed by atoms with Crippen LogP contribution in [0.4, 0.5) is 27.5 Å². The standard InChI is InChI=1S/C22H25FN6/c1-16-10-12-29(13-11-16)19-8-6-18(7-9-19)26-22-27-21(15-25-28-22)24-14-17-4-2-3-5-20(17)23/h2-9,15-16H,10-14H2,1H3,(H2,24,26,27,28). The van der Waals surface area contributed by atoms with Crippen molar-refractivity contribution in [1.29, 1.82) is 0 Å². The van der Waals surface area contributed by atoms with Crippen molar-refractivity contribution in [2.75, 3.05) is 28.6 Å². The fourth-order valence-electron chi connectivity index (χ4n) is 3.42. The first-order valence-electron chi connectivity index (χ1n) is 9.96. The molecule has 0 aliphatic carbocycles. The van der Waals surface area contributed by atoms with Crippen molar-refractivity contribution < 1.29 is 4.39 Å². The fourth-order valence-corrected chi connectivity index (χ4v) is 3.42. The molecule has 29 heavy (non-hydrogen) atoms. The number of hydrogen-bond donors (Lipinski definition) is 2. The summed E-state index contributed by atoms with van der Waals surface area (Å²) in [6.45, 7) is 4.86. The maximum atomic E-state index is 13.7. The monoisotopic (exact) mass is 392 g/mol. The van der Waals surface area contributed by atoms with Crippen molar-refractivity contribution in [2.45, 2.75) is 26.3 Å². The molecule has 2 heterocycles. The van der Waals surface area contributed by atoms with E-state index in [4.69, 9.17) is 0 Å². The van der Waals surface area contributed by atoms with Gasteiger partial charge in [0.1, 0.15) is 5.82 Å². The van der Waals surface area contributed by atoms with Crippen molar-refractivity contribution in [3.8, 4) is 0 Å². The molecule has 6 nitrogen and oxygen atoms in total. The average molecular weight is 392 g/mol. The average Bonchev–Trinajstić information content (AvgIpc) is 2.75. The number of hydrogen-bond acceptors (Lipinski definition) is 6. The molecule has 1 saturated heterocycles. The zero-order chi connectivity index (χ0) is 20.1. The molecule has 0 radical (unpaired) electrons. The van der Waals surface area contributed by atoms with Crippen LogP contribution in [0.2, 0.25) is 0 Å². The van der Waals surface area contributed by atoms with Crippen molar-refractivity contribution in [1.82, 2.24) is 15.2 Å². The van der Waals surface area contributed by atoms with Crippen molar-refractivity contribution >= 4 is 23.1 Å². The Kier molecular flexibility index (Phi) is 5.84. The molecule has 0 spiro atoms. The van der Waals surface area contributed by atoms with Crippen LogP contribution in [0.3, 0.4) is 0 Å². The Morgan fingerprint density at radius 2 is 1.83 bits per heavy atom. The minimum Gasteiger partial charge on any atom is -0.372 e. The van der Waals surface area contributed by atoms with Gasteiger partial charge in [-0.3, -0.25) is 0 Å². The summed E-state index contributed by atoms with van der Waals surface area (Å²) in [4.78, 5) is 6.83. The van der Waals surface area contributed by atoms with Gasteiger partial charge in [-0.15, -0.1) is 5.10 Å². The Hall–Kier alpha value is -3.22. The molecule has 0 saturated carbocycles. The molecule has 0 atom stereocenters. The van der Waals surface area contributed by atoms with E-state index in [1.807, 2.05) is 12.1 Å². The van der Waals surface area contributed by atoms with Crippen LogP contribution in [0.1, 0.15) is 25.3 Å². The van der Waals surface area contributed by atoms with E-state index in [1.54, 1.807) is 18.2 Å². The lowest BCUT2D eigenvalue weighted by molar-refractivity contribution is 0.438. The first-order valence-corrected chi connectivity index (χ1v) is 9.96. The molecule has 1 fully saturated rings. The highest BCUT2D eigenvalue weighted by molar-refractivity contribution is 5.59. The Bertz CT molecular complexity index is 938. The van der Waals surface area contributed by atoms with E-state index < -0.39 is 0 Å². The van der Waals surface area contributed by atoms with Gasteiger partial charge >= 0.3 is 0 Å². The molecule has 2 N–H and O–H groups in total. The summed E-state index contributed by atoms with van der Waals surface area (Å²) in [6, 6.07) is 14.9. The Morgan fingerprint density at radius 1 is 1.07 bits per heavy atom. The second-order valence-electron chi connectivity index (χ2n) is 7.45. The number of nitrogens with one attached hydrogen (secondary N) is 2. The summed E-state index contributed by atoms with van der Waals surface area (Å²) in [5.41, 5.74) is 2.71. The summed E-state index contributed by atoms with van der Waals surface area (Å²) in [5.74, 6) is 1.49. The Balaban J connectivity index is 1.37. The van der Waals surface area contributed by atoms with Gasteiger partial charge in [-0.25, -0.2) is 4.39 Å². The summed E-state index contributed by atoms with van der Waals surface area (Å²) >= 11 is 0. The SMILES string of the molecule is CC1CCN(c2ccc(Nc3nncc(NCc4ccccc4F)n3)cc2)CC1. The number of rotatable bonds is 6. The van der Waals surface area contributed by atoms with Crippen LogP contribution in [0.25, 0.3) is 0 Å². The zero-order valence-electron chi connectivity index (χ0n) is 16.5. The molecular formula is C22H25FN6. The molecule has 0 unspecified atom stereocenters. The first kappa shape index (κ1) is 19.1. The lowest BCUT2D eigenvalue weighted by Crippen LogP contribution is -2.32. The number of nitrogens with zero attached hydrogens (tertiary/aromatic N) is 4. The van der Waals surface area contributed by atoms with E-state index in [9.17, 15) is 4.39 Å². The maximum absolute atomic E-state index is 13.7. The fraction of sp³-hybridized carbons (Fsp3) is 0.318. The molecule has 0 bridgehead atoms. The van der Waals surface area contributed by atoms with Crippen LogP contribution in [0.5, 0.6) is 0 Å². The molecule has 2 aromatic carbocycles. The third-order valence-electron chi connectivity index (χ3n) is 5.25. The summed E-state index contributed by atoms with van der Waals surface area (Å²) in [5, 5.41) is 14.3. The molecule has 1 aliphatic rings. The third kappa shape index (κ3) is 4.99. The third-order valence-corrected chi connectivity index (χ3v) is 5.25. The number of anilines is 4. The minimum absolute atomic E-state index is 0.247. The van der Waals surface area contributed by atoms with Crippen LogP contribution in [0, 0.1) is 11.7 Å². The minimum atomic E-state index is -0.247. The molecule has 0 amide bonds. The lowest BCUT2D eigenvalue weighted by atomic mass is 9.99. The molecule has 4 rings (SSSR count). The second-order valence-corrected chi connectivity index (χ2v) is 7.45. The van der Waals surface area contributed by atoms with Crippen molar-refractivity contribution in [3.63, 3.8) is 0 Å². The van der Waals surface area contributed by atoms with E-state index in [0.29, 0.717) is 23.9 Å². The van der Waals surface area contributed by atoms with E-state index in [1.165, 1.54) is 30.8 Å². The van der Waals surface area contributed by atoms with Crippen LogP contribution in [0.15, 0.2) is 54.7 Å². The van der Waals surface area contributed by atoms with Crippen LogP contribution < -0.4 is 15.5 Å². The van der Waals surface area contributed by atoms with Crippen LogP contribution >= 0.6 is 0 Å². The first-order chi connectivity index (χ1) is 14.2. The lowest BCUT2D eigenvalue weighted by Gasteiger charge is -2.32. The van der Waals surface area contributed by atoms with Gasteiger partial charge in [0, 0.05) is 36.6 Å². The maximum Gasteiger partial charge on any atom is 0.249 e. The predicted octanol–water partition coefficient (Wildman–Crippen LogP) is 4.60. The van der Waals surface area contributed by atoms with E-state index in [0.717, 1.165) is 24.7 Å². The normalized spacial score (nSPS) is 14.6. The van der Waals surface area contributed by atoms with Gasteiger partial charge in [0.2, 0.25) is 5.95 Å². The summed E-state index contributed by atoms with van der Waals surface area (Å²) in [7, 11) is 0. The Morgan fingerprint density at radius 3 is 2.59 bits per heavy atom. The summed E-state index contributed by atoms with van der Waals surface area (Å²) < 4.78 is 13.7. The highest BCUT2D eigenvalue weighted by Crippen LogP contribution is 2.25. The largest absolute Gasteiger partial charge is 0.372 e. The van der Waals surface area contributed by atoms with Crippen LogP contribution in [-0.4, -0.2) is 28.3 Å². The number of benzene rings is 2. The van der Waals surface area contributed by atoms with Gasteiger partial charge in [-0.2, -0.15) is 10.1 Å². The van der Waals surface area contributed by atoms with E-state index in [2.05, 4.69) is 49.8 Å². The van der Waals surface area contributed by atoms with Gasteiger partial charge in [0.25, 0.3) is 0 Å². The topological polar surface area (TPSA) is 66.0 Å². The molecule has 1 aromatic heterocycles. The highest BCUT2D eigenvalue weighted by atomic mass is 19.1. The van der Waals surface area contributed by atoms with E-state index in [-0.39, 0.29) is 5.82 Å². The van der Waals surface area contributed by atoms with Gasteiger partial charge in [-0.05, 0) is 49.1 Å². The molecule has 1 aliphatic heterocycles. The van der Waals surface area contributed by atoms with Gasteiger partial charge in [0.05, 0.1) is 6.20 Å². The molecule has 150 valence electrons. The Labute approximate surface area is 170 Å². The van der Waals surface area contributed by atoms with Crippen LogP contribution in [-0.2, 0) is 6.54 Å². The molecule has 7 heteroatoms. The van der Waals surface area contributed by atoms with E-state index >= 15 is 0 Å². The quantitative estimate of drug-likeness (QED) is 0.639. The smallest absolute Gasteiger partial charge is 0.249 e. The number of halogens is 1. The highest BCUT2D eigenvalue weighted by Gasteiger charge is 2.15. The van der Waals surface area contributed by atoms with Gasteiger partial charge in [0.15, 0.2) is 5.82 Å². The van der Waals surface area contributed by atoms with Crippen molar-refractivity contribution in [3.05, 3.63) is 66.1 Å². The summed E-state index contributed by atoms with van der Waals surface area (Å²) in [6.07, 6.45) is 4.00. The predicted molar refractivity (Wildman–Crippen MR) is 114 cm³/mol. The number of piperidine rings is 1. The van der Waals surface area contributed by atoms with Gasteiger partial charge < -0.3 is 15.5 Å².